The van der Waals surface area contributed by atoms with Gasteiger partial charge in [-0.2, -0.15) is 4.98 Å². The molecule has 7 nitrogen and oxygen atoms in total. The number of nitrogens with one attached hydrogen (secondary N) is 1. The molecule has 0 bridgehead atoms. The topological polar surface area (TPSA) is 85.0 Å². The number of hydrogen-bond acceptors (Lipinski definition) is 5. The van der Waals surface area contributed by atoms with E-state index >= 15 is 0 Å². The van der Waals surface area contributed by atoms with Crippen molar-refractivity contribution in [3.8, 4) is 0 Å². The lowest BCUT2D eigenvalue weighted by molar-refractivity contribution is 0.171. The van der Waals surface area contributed by atoms with Crippen molar-refractivity contribution in [2.45, 2.75) is 38.0 Å². The molecular weight excluding hydrogens is 318 g/mol. The molecule has 0 aliphatic heterocycles. The third-order valence-corrected chi connectivity index (χ3v) is 4.84. The molecule has 2 N–H and O–H groups in total. The molecule has 1 fully saturated rings. The van der Waals surface area contributed by atoms with Crippen molar-refractivity contribution in [2.24, 2.45) is 7.05 Å². The van der Waals surface area contributed by atoms with E-state index in [2.05, 4.69) is 15.3 Å². The smallest absolute Gasteiger partial charge is 0.280 e. The molecule has 2 unspecified atom stereocenters. The summed E-state index contributed by atoms with van der Waals surface area (Å²) in [5.41, 5.74) is 1.87. The SMILES string of the molecule is Cn1c(NC2CCCC2O)nc2ncn(Cc3ccccc3)c2c1=O. The lowest BCUT2D eigenvalue weighted by Crippen LogP contribution is -2.32. The molecule has 1 aliphatic rings. The Labute approximate surface area is 145 Å². The third-order valence-electron chi connectivity index (χ3n) is 4.84. The number of aliphatic hydroxyl groups excluding tert-OH is 1. The van der Waals surface area contributed by atoms with Crippen molar-refractivity contribution < 1.29 is 5.11 Å². The largest absolute Gasteiger partial charge is 0.391 e. The molecule has 0 amide bonds. The van der Waals surface area contributed by atoms with Crippen LogP contribution in [0.5, 0.6) is 0 Å². The molecule has 0 spiro atoms. The first-order valence-electron chi connectivity index (χ1n) is 8.54. The predicted molar refractivity (Wildman–Crippen MR) is 95.6 cm³/mol. The second-order valence-electron chi connectivity index (χ2n) is 6.58. The Kier molecular flexibility index (Phi) is 4.01. The van der Waals surface area contributed by atoms with Crippen LogP contribution in [0.1, 0.15) is 24.8 Å². The molecule has 4 rings (SSSR count). The highest BCUT2D eigenvalue weighted by molar-refractivity contribution is 5.71. The summed E-state index contributed by atoms with van der Waals surface area (Å²) < 4.78 is 3.32. The van der Waals surface area contributed by atoms with Gasteiger partial charge in [-0.25, -0.2) is 4.98 Å². The zero-order chi connectivity index (χ0) is 17.4. The highest BCUT2D eigenvalue weighted by Gasteiger charge is 2.26. The fourth-order valence-corrected chi connectivity index (χ4v) is 3.41. The highest BCUT2D eigenvalue weighted by atomic mass is 16.3. The van der Waals surface area contributed by atoms with Crippen molar-refractivity contribution in [3.05, 3.63) is 52.6 Å². The molecule has 0 saturated heterocycles. The fourth-order valence-electron chi connectivity index (χ4n) is 3.41. The van der Waals surface area contributed by atoms with Crippen LogP contribution in [0.2, 0.25) is 0 Å². The molecule has 1 aromatic carbocycles. The molecule has 2 atom stereocenters. The molecule has 1 saturated carbocycles. The van der Waals surface area contributed by atoms with E-state index in [9.17, 15) is 9.90 Å². The van der Waals surface area contributed by atoms with Gasteiger partial charge in [0.1, 0.15) is 0 Å². The number of aliphatic hydroxyl groups is 1. The number of nitrogens with zero attached hydrogens (tertiary/aromatic N) is 4. The van der Waals surface area contributed by atoms with E-state index in [1.165, 1.54) is 4.57 Å². The van der Waals surface area contributed by atoms with Crippen molar-refractivity contribution >= 4 is 17.1 Å². The molecule has 2 heterocycles. The lowest BCUT2D eigenvalue weighted by atomic mass is 10.2. The maximum absolute atomic E-state index is 12.8. The quantitative estimate of drug-likeness (QED) is 0.752. The molecule has 0 radical (unpaired) electrons. The van der Waals surface area contributed by atoms with Crippen LogP contribution in [0.25, 0.3) is 11.2 Å². The van der Waals surface area contributed by atoms with Crippen LogP contribution in [0.3, 0.4) is 0 Å². The molecule has 25 heavy (non-hydrogen) atoms. The molecule has 130 valence electrons. The number of fused-ring (bicyclic) bond motifs is 1. The van der Waals surface area contributed by atoms with Crippen molar-refractivity contribution in [2.75, 3.05) is 5.32 Å². The number of aromatic nitrogens is 4. The van der Waals surface area contributed by atoms with Gasteiger partial charge in [0.15, 0.2) is 11.2 Å². The lowest BCUT2D eigenvalue weighted by Gasteiger charge is -2.18. The normalized spacial score (nSPS) is 20.2. The zero-order valence-electron chi connectivity index (χ0n) is 14.1. The molecule has 2 aromatic heterocycles. The van der Waals surface area contributed by atoms with Gasteiger partial charge in [-0.05, 0) is 24.8 Å². The maximum Gasteiger partial charge on any atom is 0.280 e. The van der Waals surface area contributed by atoms with Gasteiger partial charge in [-0.15, -0.1) is 0 Å². The van der Waals surface area contributed by atoms with Crippen molar-refractivity contribution in [3.63, 3.8) is 0 Å². The summed E-state index contributed by atoms with van der Waals surface area (Å²) >= 11 is 0. The van der Waals surface area contributed by atoms with Crippen LogP contribution in [0.15, 0.2) is 41.5 Å². The van der Waals surface area contributed by atoms with Gasteiger partial charge in [-0.1, -0.05) is 30.3 Å². The first-order valence-corrected chi connectivity index (χ1v) is 8.54. The second kappa shape index (κ2) is 6.33. The summed E-state index contributed by atoms with van der Waals surface area (Å²) in [5, 5.41) is 13.2. The summed E-state index contributed by atoms with van der Waals surface area (Å²) in [4.78, 5) is 21.6. The van der Waals surface area contributed by atoms with Gasteiger partial charge >= 0.3 is 0 Å². The Morgan fingerprint density at radius 3 is 2.80 bits per heavy atom. The van der Waals surface area contributed by atoms with E-state index in [0.29, 0.717) is 23.7 Å². The van der Waals surface area contributed by atoms with Gasteiger partial charge in [0.25, 0.3) is 5.56 Å². The minimum Gasteiger partial charge on any atom is -0.391 e. The monoisotopic (exact) mass is 339 g/mol. The van der Waals surface area contributed by atoms with Crippen LogP contribution >= 0.6 is 0 Å². The summed E-state index contributed by atoms with van der Waals surface area (Å²) in [6.45, 7) is 0.572. The van der Waals surface area contributed by atoms with E-state index in [4.69, 9.17) is 0 Å². The van der Waals surface area contributed by atoms with Crippen LogP contribution < -0.4 is 10.9 Å². The van der Waals surface area contributed by atoms with E-state index in [-0.39, 0.29) is 11.6 Å². The second-order valence-corrected chi connectivity index (χ2v) is 6.58. The van der Waals surface area contributed by atoms with Crippen molar-refractivity contribution in [1.82, 2.24) is 19.1 Å². The van der Waals surface area contributed by atoms with Gasteiger partial charge in [0.05, 0.1) is 18.5 Å². The van der Waals surface area contributed by atoms with Crippen LogP contribution in [-0.2, 0) is 13.6 Å². The van der Waals surface area contributed by atoms with E-state index < -0.39 is 6.10 Å². The zero-order valence-corrected chi connectivity index (χ0v) is 14.1. The van der Waals surface area contributed by atoms with Crippen LogP contribution in [0.4, 0.5) is 5.95 Å². The first-order chi connectivity index (χ1) is 12.1. The number of anilines is 1. The van der Waals surface area contributed by atoms with E-state index in [1.807, 2.05) is 34.9 Å². The number of imidazole rings is 1. The standard InChI is InChI=1S/C18H21N5O2/c1-22-17(25)15-16(21-18(22)20-13-8-5-9-14(13)24)19-11-23(15)10-12-6-3-2-4-7-12/h2-4,6-7,11,13-14,24H,5,8-10H2,1H3,(H,20,21). The van der Waals surface area contributed by atoms with Gasteiger partial charge < -0.3 is 15.0 Å². The van der Waals surface area contributed by atoms with E-state index in [1.54, 1.807) is 13.4 Å². The predicted octanol–water partition coefficient (Wildman–Crippen LogP) is 1.50. The third kappa shape index (κ3) is 2.91. The number of rotatable bonds is 4. The van der Waals surface area contributed by atoms with Gasteiger partial charge in [0.2, 0.25) is 5.95 Å². The maximum atomic E-state index is 12.8. The van der Waals surface area contributed by atoms with Gasteiger partial charge in [0, 0.05) is 13.6 Å². The summed E-state index contributed by atoms with van der Waals surface area (Å²) in [6.07, 6.45) is 3.88. The highest BCUT2D eigenvalue weighted by Crippen LogP contribution is 2.22. The number of benzene rings is 1. The Bertz CT molecular complexity index is 947. The fraction of sp³-hybridized carbons (Fsp3) is 0.389. The minimum atomic E-state index is -0.400. The Morgan fingerprint density at radius 1 is 1.28 bits per heavy atom. The molecule has 7 heteroatoms. The molecule has 1 aliphatic carbocycles. The Morgan fingerprint density at radius 2 is 2.08 bits per heavy atom. The van der Waals surface area contributed by atoms with Crippen molar-refractivity contribution in [1.29, 1.82) is 0 Å². The Hall–Kier alpha value is -2.67. The van der Waals surface area contributed by atoms with Crippen LogP contribution in [-0.4, -0.2) is 36.4 Å². The average molecular weight is 339 g/mol. The summed E-state index contributed by atoms with van der Waals surface area (Å²) in [5.74, 6) is 0.452. The minimum absolute atomic E-state index is 0.0676. The summed E-state index contributed by atoms with van der Waals surface area (Å²) in [7, 11) is 1.69. The Balaban J connectivity index is 1.70. The van der Waals surface area contributed by atoms with E-state index in [0.717, 1.165) is 24.8 Å². The van der Waals surface area contributed by atoms with Crippen LogP contribution in [0, 0.1) is 0 Å². The summed E-state index contributed by atoms with van der Waals surface area (Å²) in [6, 6.07) is 9.87. The first kappa shape index (κ1) is 15.8. The van der Waals surface area contributed by atoms with Gasteiger partial charge in [-0.3, -0.25) is 9.36 Å². The number of hydrogen-bond donors (Lipinski definition) is 2. The average Bonchev–Trinajstić information content (AvgIpc) is 3.20. The molecule has 3 aromatic rings. The molecular formula is C18H21N5O2.